The normalized spacial score (nSPS) is 11.3. The number of halogens is 1. The molecule has 11 heteroatoms. The van der Waals surface area contributed by atoms with Gasteiger partial charge in [-0.3, -0.25) is 10.2 Å². The number of nitrogens with one attached hydrogen (secondary N) is 1. The van der Waals surface area contributed by atoms with Gasteiger partial charge < -0.3 is 19.3 Å². The summed E-state index contributed by atoms with van der Waals surface area (Å²) >= 11 is 0. The van der Waals surface area contributed by atoms with E-state index in [0.29, 0.717) is 54.6 Å². The number of carbonyl (C=O) groups is 1. The van der Waals surface area contributed by atoms with Gasteiger partial charge in [-0.05, 0) is 37.0 Å². The van der Waals surface area contributed by atoms with Crippen LogP contribution in [0.15, 0.2) is 18.2 Å². The van der Waals surface area contributed by atoms with Gasteiger partial charge in [0.25, 0.3) is 0 Å². The van der Waals surface area contributed by atoms with Gasteiger partial charge in [-0.2, -0.15) is 4.52 Å². The molecule has 0 amide bonds. The van der Waals surface area contributed by atoms with Gasteiger partial charge in [0.05, 0.1) is 20.3 Å². The van der Waals surface area contributed by atoms with Crippen molar-refractivity contribution < 1.29 is 24.1 Å². The lowest BCUT2D eigenvalue weighted by molar-refractivity contribution is 0.0964. The first-order chi connectivity index (χ1) is 16.6. The zero-order valence-electron chi connectivity index (χ0n) is 21.8. The highest BCUT2D eigenvalue weighted by Crippen LogP contribution is 2.40. The van der Waals surface area contributed by atoms with Crippen molar-refractivity contribution in [2.75, 3.05) is 26.9 Å². The number of aryl methyl sites for hydroxylation is 1. The molecule has 1 aromatic carbocycles. The number of fused-ring (bicyclic) bond motifs is 1. The van der Waals surface area contributed by atoms with E-state index in [1.807, 2.05) is 40.7 Å². The number of rotatable bonds is 11. The number of benzene rings is 1. The van der Waals surface area contributed by atoms with E-state index in [1.54, 1.807) is 19.2 Å². The Morgan fingerprint density at radius 1 is 1.14 bits per heavy atom. The molecule has 198 valence electrons. The van der Waals surface area contributed by atoms with Crippen LogP contribution in [0, 0.1) is 5.41 Å². The second-order valence-electron chi connectivity index (χ2n) is 9.17. The predicted octanol–water partition coefficient (Wildman–Crippen LogP) is 3.34. The first-order valence-corrected chi connectivity index (χ1v) is 11.8. The summed E-state index contributed by atoms with van der Waals surface area (Å²) in [4.78, 5) is 13.4. The molecule has 3 rings (SSSR count). The lowest BCUT2D eigenvalue weighted by Gasteiger charge is -2.25. The zero-order chi connectivity index (χ0) is 25.8. The van der Waals surface area contributed by atoms with Crippen LogP contribution in [0.5, 0.6) is 17.4 Å². The van der Waals surface area contributed by atoms with Crippen LogP contribution in [0.4, 0.5) is 0 Å². The number of aliphatic hydroxyl groups excluding tert-OH is 1. The van der Waals surface area contributed by atoms with Gasteiger partial charge in [0.1, 0.15) is 6.54 Å². The second-order valence-corrected chi connectivity index (χ2v) is 9.17. The van der Waals surface area contributed by atoms with Gasteiger partial charge in [-0.1, -0.05) is 27.7 Å². The van der Waals surface area contributed by atoms with Crippen LogP contribution in [-0.4, -0.2) is 57.2 Å². The highest BCUT2D eigenvalue weighted by atomic mass is 35.5. The van der Waals surface area contributed by atoms with Gasteiger partial charge in [0, 0.05) is 29.7 Å². The van der Waals surface area contributed by atoms with E-state index in [4.69, 9.17) is 24.7 Å². The molecule has 0 spiro atoms. The van der Waals surface area contributed by atoms with Crippen molar-refractivity contribution in [2.45, 2.75) is 59.4 Å². The number of carbonyl (C=O) groups excluding carboxylic acids is 1. The van der Waals surface area contributed by atoms with Crippen LogP contribution in [0.2, 0.25) is 0 Å². The first kappa shape index (κ1) is 29.1. The van der Waals surface area contributed by atoms with E-state index >= 15 is 0 Å². The van der Waals surface area contributed by atoms with Gasteiger partial charge in [0.15, 0.2) is 22.9 Å². The van der Waals surface area contributed by atoms with E-state index in [0.717, 1.165) is 11.1 Å². The third kappa shape index (κ3) is 6.17. The minimum absolute atomic E-state index is 0. The number of ketones is 1. The fourth-order valence-electron chi connectivity index (χ4n) is 3.73. The van der Waals surface area contributed by atoms with E-state index in [-0.39, 0.29) is 42.4 Å². The van der Waals surface area contributed by atoms with Crippen molar-refractivity contribution in [3.05, 3.63) is 40.5 Å². The lowest BCUT2D eigenvalue weighted by Crippen LogP contribution is -2.26. The minimum atomic E-state index is -0.316. The van der Waals surface area contributed by atoms with Crippen LogP contribution in [0.25, 0.3) is 5.65 Å². The summed E-state index contributed by atoms with van der Waals surface area (Å²) in [5.41, 5.74) is 2.27. The van der Waals surface area contributed by atoms with E-state index in [1.165, 1.54) is 9.20 Å². The molecule has 3 aromatic rings. The highest BCUT2D eigenvalue weighted by molar-refractivity contribution is 5.97. The molecule has 0 unspecified atom stereocenters. The molecule has 0 aliphatic carbocycles. The minimum Gasteiger partial charge on any atom is -0.493 e. The summed E-state index contributed by atoms with van der Waals surface area (Å²) in [6, 6.07) is 5.28. The van der Waals surface area contributed by atoms with Gasteiger partial charge in [0.2, 0.25) is 11.5 Å². The lowest BCUT2D eigenvalue weighted by atomic mass is 9.84. The number of aliphatic hydroxyl groups is 1. The summed E-state index contributed by atoms with van der Waals surface area (Å²) in [5.74, 6) is 1.24. The van der Waals surface area contributed by atoms with Crippen LogP contribution < -0.4 is 19.8 Å². The van der Waals surface area contributed by atoms with Crippen molar-refractivity contribution in [3.63, 3.8) is 0 Å². The first-order valence-electron chi connectivity index (χ1n) is 11.8. The Kier molecular flexibility index (Phi) is 9.89. The van der Waals surface area contributed by atoms with Crippen LogP contribution in [0.3, 0.4) is 0 Å². The van der Waals surface area contributed by atoms with Crippen LogP contribution >= 0.6 is 12.4 Å². The molecule has 0 saturated heterocycles. The summed E-state index contributed by atoms with van der Waals surface area (Å²) in [5, 5.41) is 26.5. The van der Waals surface area contributed by atoms with Gasteiger partial charge in [-0.25, -0.2) is 4.68 Å². The molecule has 0 aliphatic rings. The van der Waals surface area contributed by atoms with E-state index < -0.39 is 0 Å². The highest BCUT2D eigenvalue weighted by Gasteiger charge is 2.25. The fraction of sp³-hybridized carbons (Fsp3) is 0.520. The molecule has 10 nitrogen and oxygen atoms in total. The predicted molar refractivity (Wildman–Crippen MR) is 138 cm³/mol. The van der Waals surface area contributed by atoms with Crippen molar-refractivity contribution in [1.29, 1.82) is 5.41 Å². The van der Waals surface area contributed by atoms with E-state index in [2.05, 4.69) is 10.2 Å². The largest absolute Gasteiger partial charge is 0.493 e. The fourth-order valence-corrected chi connectivity index (χ4v) is 3.73. The maximum Gasteiger partial charge on any atom is 0.242 e. The SMILES string of the molecule is CCOc1nn2c(=N)n(CC(=O)c3cc(OCCCO)c(OC)c(C(C)(C)C)c3)nc2cc1CC.Cl. The summed E-state index contributed by atoms with van der Waals surface area (Å²) < 4.78 is 19.8. The molecular weight excluding hydrogens is 486 g/mol. The third-order valence-electron chi connectivity index (χ3n) is 5.56. The van der Waals surface area contributed by atoms with Crippen molar-refractivity contribution >= 4 is 23.8 Å². The number of methoxy groups -OCH3 is 1. The molecule has 2 heterocycles. The molecule has 0 bridgehead atoms. The molecule has 2 N–H and O–H groups in total. The molecule has 0 radical (unpaired) electrons. The number of aromatic nitrogens is 4. The summed E-state index contributed by atoms with van der Waals surface area (Å²) in [6.45, 7) is 10.6. The summed E-state index contributed by atoms with van der Waals surface area (Å²) in [7, 11) is 1.57. The molecule has 36 heavy (non-hydrogen) atoms. The Morgan fingerprint density at radius 3 is 2.44 bits per heavy atom. The topological polar surface area (TPSA) is 124 Å². The third-order valence-corrected chi connectivity index (χ3v) is 5.56. The number of hydrogen-bond donors (Lipinski definition) is 2. The maximum absolute atomic E-state index is 13.4. The Labute approximate surface area is 217 Å². The number of nitrogens with zero attached hydrogens (tertiary/aromatic N) is 4. The summed E-state index contributed by atoms with van der Waals surface area (Å²) in [6.07, 6.45) is 1.17. The monoisotopic (exact) mass is 521 g/mol. The Balaban J connectivity index is 0.00000456. The van der Waals surface area contributed by atoms with Crippen LogP contribution in [0.1, 0.15) is 62.5 Å². The standard InChI is InChI=1S/C25H35N5O5.ClH/c1-7-16-14-21-27-29(24(26)30(21)28-23(16)34-8-2)15-19(32)17-12-18(25(3,4)5)22(33-6)20(13-17)35-11-9-10-31;/h12-14,26,31H,7-11,15H2,1-6H3;1H. The van der Waals surface area contributed by atoms with Gasteiger partial charge >= 0.3 is 0 Å². The van der Waals surface area contributed by atoms with E-state index in [9.17, 15) is 4.79 Å². The molecule has 0 atom stereocenters. The van der Waals surface area contributed by atoms with Crippen molar-refractivity contribution in [3.8, 4) is 17.4 Å². The Morgan fingerprint density at radius 2 is 1.86 bits per heavy atom. The average molecular weight is 522 g/mol. The molecular formula is C25H36ClN5O5. The van der Waals surface area contributed by atoms with Crippen LogP contribution in [-0.2, 0) is 18.4 Å². The maximum atomic E-state index is 13.4. The zero-order valence-corrected chi connectivity index (χ0v) is 22.6. The Bertz CT molecular complexity index is 1260. The molecule has 0 saturated carbocycles. The van der Waals surface area contributed by atoms with Gasteiger partial charge in [-0.15, -0.1) is 22.6 Å². The number of hydrogen-bond acceptors (Lipinski definition) is 8. The average Bonchev–Trinajstić information content (AvgIpc) is 3.11. The molecule has 0 aliphatic heterocycles. The number of ether oxygens (including phenoxy) is 3. The molecule has 0 fully saturated rings. The number of Topliss-reactive ketones (excluding diaryl/α,β-unsaturated/α-hetero) is 1. The second kappa shape index (κ2) is 12.2. The smallest absolute Gasteiger partial charge is 0.242 e. The van der Waals surface area contributed by atoms with Crippen molar-refractivity contribution in [1.82, 2.24) is 19.4 Å². The van der Waals surface area contributed by atoms with Crippen molar-refractivity contribution in [2.24, 2.45) is 0 Å². The quantitative estimate of drug-likeness (QED) is 0.293. The Hall–Kier alpha value is -3.11. The molecule has 2 aromatic heterocycles.